The van der Waals surface area contributed by atoms with Gasteiger partial charge in [0.1, 0.15) is 40.1 Å². The molecule has 0 bridgehead atoms. The highest BCUT2D eigenvalue weighted by Gasteiger charge is 2.18. The molecule has 0 spiro atoms. The molecule has 1 atom stereocenters. The molecule has 13 nitrogen and oxygen atoms in total. The van der Waals surface area contributed by atoms with Crippen molar-refractivity contribution in [2.24, 2.45) is 11.3 Å². The molecular weight excluding hydrogens is 614 g/mol. The van der Waals surface area contributed by atoms with Gasteiger partial charge in [-0.2, -0.15) is 15.6 Å². The molecule has 4 rings (SSSR count). The standard InChI is InChI=1S/C16H17N3O3.C16H14N2O5S/c1-16(2,3)10-22-14-5-4-13(6-11(14)7-17)19-9-12(8-18-19)15(20)21;1-8(15(19)20)7-23-12-4-3-10(5-11(12)6-17)14-18-9(2)13(24-14)16(21)22/h4-6,8-9H,10H2,1-3H3,(H,20,21);3-5,8H,7H2,1-2H3,(H,19,20)(H,21,22). The fraction of sp³-hybridized carbons (Fsp3) is 0.281. The molecule has 0 aliphatic rings. The normalized spacial score (nSPS) is 11.3. The van der Waals surface area contributed by atoms with Crippen LogP contribution < -0.4 is 9.47 Å². The predicted molar refractivity (Wildman–Crippen MR) is 166 cm³/mol. The Morgan fingerprint density at radius 2 is 1.61 bits per heavy atom. The van der Waals surface area contributed by atoms with E-state index in [2.05, 4.69) is 16.2 Å². The number of aliphatic carboxylic acids is 1. The van der Waals surface area contributed by atoms with Crippen molar-refractivity contribution >= 4 is 29.2 Å². The third-order valence-electron chi connectivity index (χ3n) is 6.09. The lowest BCUT2D eigenvalue weighted by atomic mass is 9.98. The van der Waals surface area contributed by atoms with Gasteiger partial charge in [-0.05, 0) is 55.7 Å². The molecule has 0 radical (unpaired) electrons. The van der Waals surface area contributed by atoms with E-state index in [1.807, 2.05) is 26.8 Å². The minimum Gasteiger partial charge on any atom is -0.492 e. The van der Waals surface area contributed by atoms with Gasteiger partial charge in [-0.3, -0.25) is 4.79 Å². The molecule has 0 saturated heterocycles. The van der Waals surface area contributed by atoms with Crippen LogP contribution in [0.1, 0.15) is 64.5 Å². The van der Waals surface area contributed by atoms with E-state index in [0.29, 0.717) is 39.9 Å². The molecule has 2 heterocycles. The van der Waals surface area contributed by atoms with Crippen LogP contribution >= 0.6 is 11.3 Å². The monoisotopic (exact) mass is 645 g/mol. The van der Waals surface area contributed by atoms with Crippen LogP contribution in [0.25, 0.3) is 16.3 Å². The summed E-state index contributed by atoms with van der Waals surface area (Å²) in [6.45, 7) is 9.70. The summed E-state index contributed by atoms with van der Waals surface area (Å²) in [6.07, 6.45) is 2.66. The van der Waals surface area contributed by atoms with Gasteiger partial charge in [-0.25, -0.2) is 19.3 Å². The van der Waals surface area contributed by atoms with Gasteiger partial charge in [0.05, 0.1) is 46.8 Å². The predicted octanol–water partition coefficient (Wildman–Crippen LogP) is 5.65. The van der Waals surface area contributed by atoms with Crippen LogP contribution in [0.2, 0.25) is 0 Å². The van der Waals surface area contributed by atoms with Crippen molar-refractivity contribution in [1.29, 1.82) is 10.5 Å². The van der Waals surface area contributed by atoms with E-state index in [-0.39, 0.29) is 33.8 Å². The number of aromatic carboxylic acids is 2. The van der Waals surface area contributed by atoms with E-state index in [9.17, 15) is 24.9 Å². The van der Waals surface area contributed by atoms with Gasteiger partial charge >= 0.3 is 17.9 Å². The lowest BCUT2D eigenvalue weighted by Crippen LogP contribution is -2.18. The first kappa shape index (κ1) is 34.8. The fourth-order valence-corrected chi connectivity index (χ4v) is 4.52. The van der Waals surface area contributed by atoms with Crippen LogP contribution in [0.5, 0.6) is 11.5 Å². The topological polar surface area (TPSA) is 209 Å². The molecule has 2 aromatic carbocycles. The fourth-order valence-electron chi connectivity index (χ4n) is 3.62. The number of hydrogen-bond donors (Lipinski definition) is 3. The summed E-state index contributed by atoms with van der Waals surface area (Å²) >= 11 is 1.03. The molecule has 1 unspecified atom stereocenters. The number of carboxylic acids is 3. The van der Waals surface area contributed by atoms with Gasteiger partial charge in [-0.1, -0.05) is 20.8 Å². The smallest absolute Gasteiger partial charge is 0.347 e. The molecule has 0 fully saturated rings. The SMILES string of the molecule is CC(C)(C)COc1ccc(-n2cc(C(=O)O)cn2)cc1C#N.Cc1nc(-c2ccc(OCC(C)C(=O)O)c(C#N)c2)sc1C(=O)O. The molecule has 46 heavy (non-hydrogen) atoms. The van der Waals surface area contributed by atoms with Gasteiger partial charge in [0.2, 0.25) is 0 Å². The highest BCUT2D eigenvalue weighted by Crippen LogP contribution is 2.31. The molecule has 4 aromatic rings. The van der Waals surface area contributed by atoms with Crippen molar-refractivity contribution < 1.29 is 39.2 Å². The van der Waals surface area contributed by atoms with E-state index in [1.165, 1.54) is 24.0 Å². The summed E-state index contributed by atoms with van der Waals surface area (Å²) < 4.78 is 12.5. The number of aryl methyl sites for hydroxylation is 1. The van der Waals surface area contributed by atoms with Crippen LogP contribution in [0.15, 0.2) is 48.8 Å². The highest BCUT2D eigenvalue weighted by atomic mass is 32.1. The lowest BCUT2D eigenvalue weighted by Gasteiger charge is -2.19. The van der Waals surface area contributed by atoms with Gasteiger partial charge in [0.25, 0.3) is 0 Å². The molecular formula is C32H31N5O8S. The molecule has 0 amide bonds. The zero-order valence-electron chi connectivity index (χ0n) is 25.6. The molecule has 0 aliphatic heterocycles. The van der Waals surface area contributed by atoms with Crippen LogP contribution in [-0.2, 0) is 4.79 Å². The molecule has 3 N–H and O–H groups in total. The Morgan fingerprint density at radius 1 is 0.978 bits per heavy atom. The maximum absolute atomic E-state index is 11.1. The third-order valence-corrected chi connectivity index (χ3v) is 7.28. The number of hydrogen-bond acceptors (Lipinski definition) is 10. The zero-order valence-corrected chi connectivity index (χ0v) is 26.5. The average molecular weight is 646 g/mol. The first-order valence-corrected chi connectivity index (χ1v) is 14.5. The van der Waals surface area contributed by atoms with Crippen molar-refractivity contribution in [1.82, 2.24) is 14.8 Å². The molecule has 2 aromatic heterocycles. The largest absolute Gasteiger partial charge is 0.492 e. The molecule has 0 aliphatic carbocycles. The molecule has 14 heteroatoms. The number of nitriles is 2. The summed E-state index contributed by atoms with van der Waals surface area (Å²) in [5, 5.41) is 49.8. The van der Waals surface area contributed by atoms with Crippen molar-refractivity contribution in [2.75, 3.05) is 13.2 Å². The van der Waals surface area contributed by atoms with E-state index in [0.717, 1.165) is 11.3 Å². The zero-order chi connectivity index (χ0) is 34.2. The van der Waals surface area contributed by atoms with E-state index in [4.69, 9.17) is 24.8 Å². The van der Waals surface area contributed by atoms with Crippen LogP contribution in [0.4, 0.5) is 0 Å². The quantitative estimate of drug-likeness (QED) is 0.191. The summed E-state index contributed by atoms with van der Waals surface area (Å²) in [5.41, 5.74) is 2.31. The van der Waals surface area contributed by atoms with Gasteiger partial charge in [0.15, 0.2) is 0 Å². The van der Waals surface area contributed by atoms with Crippen molar-refractivity contribution in [3.8, 4) is 39.9 Å². The maximum atomic E-state index is 11.1. The first-order chi connectivity index (χ1) is 21.6. The number of thiazole rings is 1. The summed E-state index contributed by atoms with van der Waals surface area (Å²) in [6, 6.07) is 13.9. The van der Waals surface area contributed by atoms with Crippen molar-refractivity contribution in [2.45, 2.75) is 34.6 Å². The Kier molecular flexibility index (Phi) is 11.2. The number of carboxylic acid groups (broad SMARTS) is 3. The summed E-state index contributed by atoms with van der Waals surface area (Å²) in [7, 11) is 0. The Morgan fingerprint density at radius 3 is 2.15 bits per heavy atom. The molecule has 238 valence electrons. The minimum absolute atomic E-state index is 0.0101. The highest BCUT2D eigenvalue weighted by molar-refractivity contribution is 7.17. The number of aromatic nitrogens is 3. The van der Waals surface area contributed by atoms with Crippen LogP contribution in [-0.4, -0.2) is 61.2 Å². The Balaban J connectivity index is 0.000000251. The van der Waals surface area contributed by atoms with Crippen LogP contribution in [0, 0.1) is 40.9 Å². The number of carbonyl (C=O) groups is 3. The number of nitrogens with zero attached hydrogens (tertiary/aromatic N) is 5. The van der Waals surface area contributed by atoms with E-state index in [1.54, 1.807) is 43.3 Å². The second-order valence-corrected chi connectivity index (χ2v) is 12.2. The van der Waals surface area contributed by atoms with Gasteiger partial charge in [0, 0.05) is 11.8 Å². The van der Waals surface area contributed by atoms with E-state index >= 15 is 0 Å². The number of benzene rings is 2. The Labute approximate surface area is 268 Å². The van der Waals surface area contributed by atoms with Gasteiger partial charge < -0.3 is 24.8 Å². The van der Waals surface area contributed by atoms with Gasteiger partial charge in [-0.15, -0.1) is 11.3 Å². The summed E-state index contributed by atoms with van der Waals surface area (Å²) in [5.74, 6) is -2.98. The number of ether oxygens (including phenoxy) is 2. The minimum atomic E-state index is -1.04. The lowest BCUT2D eigenvalue weighted by molar-refractivity contribution is -0.142. The third kappa shape index (κ3) is 9.14. The van der Waals surface area contributed by atoms with Crippen LogP contribution in [0.3, 0.4) is 0 Å². The van der Waals surface area contributed by atoms with Crippen molar-refractivity contribution in [3.05, 3.63) is 76.1 Å². The second-order valence-electron chi connectivity index (χ2n) is 11.2. The Hall–Kier alpha value is -5.73. The number of rotatable bonds is 10. The average Bonchev–Trinajstić information content (AvgIpc) is 3.66. The maximum Gasteiger partial charge on any atom is 0.347 e. The van der Waals surface area contributed by atoms with E-state index < -0.39 is 23.8 Å². The Bertz CT molecular complexity index is 1840. The van der Waals surface area contributed by atoms with Crippen molar-refractivity contribution in [3.63, 3.8) is 0 Å². The second kappa shape index (κ2) is 14.8. The summed E-state index contributed by atoms with van der Waals surface area (Å²) in [4.78, 5) is 37.1. The molecule has 0 saturated carbocycles. The first-order valence-electron chi connectivity index (χ1n) is 13.7.